The Morgan fingerprint density at radius 2 is 2.00 bits per heavy atom. The Kier molecular flexibility index (Phi) is 6.02. The third kappa shape index (κ3) is 5.02. The van der Waals surface area contributed by atoms with E-state index in [1.54, 1.807) is 0 Å². The summed E-state index contributed by atoms with van der Waals surface area (Å²) in [5, 5.41) is 2.88. The summed E-state index contributed by atoms with van der Waals surface area (Å²) >= 11 is 0. The molecule has 1 aliphatic rings. The topological polar surface area (TPSA) is 50.8 Å². The van der Waals surface area contributed by atoms with Gasteiger partial charge in [0.05, 0.1) is 13.2 Å². The van der Waals surface area contributed by atoms with E-state index in [0.717, 1.165) is 49.7 Å². The van der Waals surface area contributed by atoms with Crippen LogP contribution in [0.2, 0.25) is 0 Å². The van der Waals surface area contributed by atoms with Crippen LogP contribution in [0, 0.1) is 19.9 Å². The molecule has 1 saturated heterocycles. The van der Waals surface area contributed by atoms with Gasteiger partial charge in [0.2, 0.25) is 0 Å². The zero-order valence-electron chi connectivity index (χ0n) is 12.8. The van der Waals surface area contributed by atoms with E-state index in [1.165, 1.54) is 0 Å². The highest BCUT2D eigenvalue weighted by molar-refractivity contribution is 5.77. The van der Waals surface area contributed by atoms with Gasteiger partial charge < -0.3 is 14.8 Å². The normalized spacial score (nSPS) is 15.7. The molecule has 0 spiro atoms. The van der Waals surface area contributed by atoms with Gasteiger partial charge in [-0.25, -0.2) is 0 Å². The highest BCUT2D eigenvalue weighted by Crippen LogP contribution is 2.21. The van der Waals surface area contributed by atoms with Crippen molar-refractivity contribution in [3.8, 4) is 5.75 Å². The maximum absolute atomic E-state index is 11.8. The van der Waals surface area contributed by atoms with Gasteiger partial charge in [0.25, 0.3) is 5.91 Å². The van der Waals surface area contributed by atoms with Gasteiger partial charge in [-0.2, -0.15) is 0 Å². The van der Waals surface area contributed by atoms with Crippen LogP contribution in [0.25, 0.3) is 0 Å². The fourth-order valence-corrected chi connectivity index (χ4v) is 2.33. The lowest BCUT2D eigenvalue weighted by molar-refractivity contribution is -0.123. The van der Waals surface area contributed by atoms with Crippen LogP contribution in [0.5, 0.6) is 5.75 Å². The van der Waals surface area contributed by atoms with Crippen LogP contribution in [0.15, 0.2) is 12.1 Å². The number of benzene rings is 1. The van der Waals surface area contributed by atoms with Crippen molar-refractivity contribution in [3.05, 3.63) is 29.3 Å². The molecule has 1 aromatic carbocycles. The van der Waals surface area contributed by atoms with E-state index >= 15 is 0 Å². The van der Waals surface area contributed by atoms with Crippen molar-refractivity contribution in [2.45, 2.75) is 13.8 Å². The largest absolute Gasteiger partial charge is 0.483 e. The molecule has 1 aromatic rings. The number of hydrogen-bond donors (Lipinski definition) is 1. The first-order valence-corrected chi connectivity index (χ1v) is 7.33. The number of nitrogens with one attached hydrogen (secondary N) is 1. The van der Waals surface area contributed by atoms with Crippen molar-refractivity contribution < 1.29 is 14.3 Å². The van der Waals surface area contributed by atoms with Crippen LogP contribution in [0.4, 0.5) is 0 Å². The molecule has 0 unspecified atom stereocenters. The number of aryl methyl sites for hydroxylation is 2. The molecule has 0 bridgehead atoms. The van der Waals surface area contributed by atoms with E-state index in [2.05, 4.69) is 16.3 Å². The highest BCUT2D eigenvalue weighted by atomic mass is 16.5. The van der Waals surface area contributed by atoms with E-state index in [0.29, 0.717) is 6.54 Å². The minimum absolute atomic E-state index is 0.0504. The van der Waals surface area contributed by atoms with Gasteiger partial charge in [0, 0.05) is 26.2 Å². The Balaban J connectivity index is 1.67. The van der Waals surface area contributed by atoms with E-state index < -0.39 is 0 Å². The lowest BCUT2D eigenvalue weighted by Crippen LogP contribution is -2.42. The van der Waals surface area contributed by atoms with E-state index in [4.69, 9.17) is 9.47 Å². The van der Waals surface area contributed by atoms with Gasteiger partial charge in [0.1, 0.15) is 5.75 Å². The maximum atomic E-state index is 11.8. The van der Waals surface area contributed by atoms with Crippen LogP contribution in [-0.4, -0.2) is 56.8 Å². The number of ether oxygens (including phenoxy) is 2. The predicted molar refractivity (Wildman–Crippen MR) is 80.5 cm³/mol. The molecule has 0 saturated carbocycles. The molecule has 0 aliphatic carbocycles. The first-order valence-electron chi connectivity index (χ1n) is 7.33. The van der Waals surface area contributed by atoms with Gasteiger partial charge in [-0.05, 0) is 43.2 Å². The minimum atomic E-state index is -0.0881. The Labute approximate surface area is 126 Å². The van der Waals surface area contributed by atoms with Crippen molar-refractivity contribution in [1.82, 2.24) is 10.2 Å². The van der Waals surface area contributed by atoms with Crippen LogP contribution >= 0.6 is 0 Å². The van der Waals surface area contributed by atoms with Gasteiger partial charge in [-0.3, -0.25) is 9.69 Å². The molecule has 5 nitrogen and oxygen atoms in total. The summed E-state index contributed by atoms with van der Waals surface area (Å²) in [6.07, 6.45) is 0. The molecule has 1 amide bonds. The van der Waals surface area contributed by atoms with E-state index in [1.807, 2.05) is 26.0 Å². The summed E-state index contributed by atoms with van der Waals surface area (Å²) in [5.74, 6) is 0.687. The SMILES string of the molecule is Cc1c[c]cc(C)c1OCC(=O)NCCN1CCOCC1. The van der Waals surface area contributed by atoms with Crippen molar-refractivity contribution in [1.29, 1.82) is 0 Å². The molecule has 1 N–H and O–H groups in total. The van der Waals surface area contributed by atoms with Crippen molar-refractivity contribution in [3.63, 3.8) is 0 Å². The molecule has 1 radical (unpaired) electrons. The first kappa shape index (κ1) is 15.8. The molecule has 115 valence electrons. The van der Waals surface area contributed by atoms with Crippen LogP contribution in [-0.2, 0) is 9.53 Å². The standard InChI is InChI=1S/C16H23N2O3/c1-13-4-3-5-14(2)16(13)21-12-15(19)17-6-7-18-8-10-20-11-9-18/h4-5H,6-12H2,1-2H3,(H,17,19). The van der Waals surface area contributed by atoms with Crippen molar-refractivity contribution in [2.24, 2.45) is 0 Å². The summed E-state index contributed by atoms with van der Waals surface area (Å²) in [7, 11) is 0. The second kappa shape index (κ2) is 8.00. The molecule has 2 rings (SSSR count). The van der Waals surface area contributed by atoms with Gasteiger partial charge in [-0.15, -0.1) is 0 Å². The fraction of sp³-hybridized carbons (Fsp3) is 0.562. The molecular formula is C16H23N2O3. The summed E-state index contributed by atoms with van der Waals surface area (Å²) in [6.45, 7) is 8.88. The third-order valence-electron chi connectivity index (χ3n) is 3.52. The minimum Gasteiger partial charge on any atom is -0.483 e. The Morgan fingerprint density at radius 3 is 2.67 bits per heavy atom. The quantitative estimate of drug-likeness (QED) is 0.847. The smallest absolute Gasteiger partial charge is 0.257 e. The summed E-state index contributed by atoms with van der Waals surface area (Å²) in [4.78, 5) is 14.1. The molecule has 21 heavy (non-hydrogen) atoms. The Bertz CT molecular complexity index is 450. The number of nitrogens with zero attached hydrogens (tertiary/aromatic N) is 1. The number of carbonyl (C=O) groups is 1. The zero-order valence-corrected chi connectivity index (χ0v) is 12.8. The van der Waals surface area contributed by atoms with Crippen molar-refractivity contribution in [2.75, 3.05) is 46.0 Å². The number of carbonyl (C=O) groups excluding carboxylic acids is 1. The molecule has 5 heteroatoms. The summed E-state index contributed by atoms with van der Waals surface area (Å²) < 4.78 is 10.9. The average Bonchev–Trinajstić information content (AvgIpc) is 2.48. The summed E-state index contributed by atoms with van der Waals surface area (Å²) in [5.41, 5.74) is 1.99. The second-order valence-corrected chi connectivity index (χ2v) is 5.24. The lowest BCUT2D eigenvalue weighted by Gasteiger charge is -2.26. The van der Waals surface area contributed by atoms with Crippen LogP contribution in [0.3, 0.4) is 0 Å². The monoisotopic (exact) mass is 291 g/mol. The number of amides is 1. The molecule has 1 heterocycles. The predicted octanol–water partition coefficient (Wildman–Crippen LogP) is 0.931. The number of rotatable bonds is 6. The van der Waals surface area contributed by atoms with Gasteiger partial charge in [0.15, 0.2) is 6.61 Å². The average molecular weight is 291 g/mol. The zero-order chi connectivity index (χ0) is 15.1. The third-order valence-corrected chi connectivity index (χ3v) is 3.52. The Morgan fingerprint density at radius 1 is 1.33 bits per heavy atom. The van der Waals surface area contributed by atoms with Crippen LogP contribution < -0.4 is 10.1 Å². The molecule has 0 aromatic heterocycles. The molecule has 1 aliphatic heterocycles. The van der Waals surface area contributed by atoms with Crippen molar-refractivity contribution >= 4 is 5.91 Å². The molecule has 1 fully saturated rings. The maximum Gasteiger partial charge on any atom is 0.257 e. The molecule has 0 atom stereocenters. The fourth-order valence-electron chi connectivity index (χ4n) is 2.33. The summed E-state index contributed by atoms with van der Waals surface area (Å²) in [6, 6.07) is 6.75. The van der Waals surface area contributed by atoms with Crippen LogP contribution in [0.1, 0.15) is 11.1 Å². The molecular weight excluding hydrogens is 268 g/mol. The Hall–Kier alpha value is -1.59. The lowest BCUT2D eigenvalue weighted by atomic mass is 10.1. The van der Waals surface area contributed by atoms with Gasteiger partial charge in [-0.1, -0.05) is 0 Å². The number of hydrogen-bond acceptors (Lipinski definition) is 4. The highest BCUT2D eigenvalue weighted by Gasteiger charge is 2.11. The second-order valence-electron chi connectivity index (χ2n) is 5.24. The number of morpholine rings is 1. The van der Waals surface area contributed by atoms with E-state index in [-0.39, 0.29) is 12.5 Å². The first-order chi connectivity index (χ1) is 10.2. The van der Waals surface area contributed by atoms with Gasteiger partial charge >= 0.3 is 0 Å². The van der Waals surface area contributed by atoms with E-state index in [9.17, 15) is 4.79 Å².